The maximum absolute atomic E-state index is 13.3. The molecule has 2 N–H and O–H groups in total. The molecular formula is C25H34N4O2S. The highest BCUT2D eigenvalue weighted by atomic mass is 32.1. The number of carbonyl (C=O) groups is 2. The van der Waals surface area contributed by atoms with Gasteiger partial charge in [-0.25, -0.2) is 0 Å². The Balaban J connectivity index is 1.24. The van der Waals surface area contributed by atoms with E-state index in [9.17, 15) is 9.59 Å². The van der Waals surface area contributed by atoms with Gasteiger partial charge in [-0.2, -0.15) is 0 Å². The lowest BCUT2D eigenvalue weighted by Gasteiger charge is -2.45. The number of likely N-dealkylation sites (tertiary alicyclic amines) is 3. The number of carbonyl (C=O) groups excluding carboxylic acids is 2. The second-order valence-corrected chi connectivity index (χ2v) is 11.1. The quantitative estimate of drug-likeness (QED) is 0.766. The average Bonchev–Trinajstić information content (AvgIpc) is 3.29. The lowest BCUT2D eigenvalue weighted by Crippen LogP contribution is -2.54. The van der Waals surface area contributed by atoms with Gasteiger partial charge < -0.3 is 15.5 Å². The van der Waals surface area contributed by atoms with Crippen molar-refractivity contribution in [3.05, 3.63) is 29.8 Å². The summed E-state index contributed by atoms with van der Waals surface area (Å²) in [6.07, 6.45) is 5.03. The Morgan fingerprint density at radius 1 is 1.12 bits per heavy atom. The Morgan fingerprint density at radius 2 is 1.88 bits per heavy atom. The smallest absolute Gasteiger partial charge is 0.257 e. The Labute approximate surface area is 194 Å². The van der Waals surface area contributed by atoms with Gasteiger partial charge in [0.25, 0.3) is 5.91 Å². The van der Waals surface area contributed by atoms with Crippen LogP contribution < -0.4 is 5.73 Å². The molecule has 0 radical (unpaired) electrons. The highest BCUT2D eigenvalue weighted by Crippen LogP contribution is 2.42. The van der Waals surface area contributed by atoms with Crippen molar-refractivity contribution in [2.75, 3.05) is 38.5 Å². The van der Waals surface area contributed by atoms with Gasteiger partial charge in [-0.1, -0.05) is 18.2 Å². The Hall–Kier alpha value is -2.12. The molecule has 1 aromatic carbocycles. The monoisotopic (exact) mass is 454 g/mol. The molecule has 1 atom stereocenters. The highest BCUT2D eigenvalue weighted by molar-refractivity contribution is 7.23. The van der Waals surface area contributed by atoms with E-state index in [0.29, 0.717) is 22.5 Å². The van der Waals surface area contributed by atoms with E-state index in [1.54, 1.807) is 0 Å². The standard InChI is InChI=1S/C25H34N4O2S/c1-17(2)29-15-11-25(24(29)31)10-5-12-28(16-25)18-8-13-27(14-9-18)23(30)21-19-6-3-4-7-20(19)32-22(21)26/h3-4,6-7,17-18H,5,8-16,26H2,1-2H3. The number of anilines is 1. The first-order chi connectivity index (χ1) is 15.4. The van der Waals surface area contributed by atoms with Gasteiger partial charge >= 0.3 is 0 Å². The summed E-state index contributed by atoms with van der Waals surface area (Å²) in [7, 11) is 0. The molecule has 2 amide bonds. The largest absolute Gasteiger partial charge is 0.390 e. The fourth-order valence-corrected chi connectivity index (χ4v) is 7.04. The van der Waals surface area contributed by atoms with Crippen molar-refractivity contribution in [3.8, 4) is 0 Å². The summed E-state index contributed by atoms with van der Waals surface area (Å²) in [5, 5.41) is 1.58. The number of piperidine rings is 2. The molecular weight excluding hydrogens is 420 g/mol. The van der Waals surface area contributed by atoms with Crippen molar-refractivity contribution in [1.82, 2.24) is 14.7 Å². The number of thiophene rings is 1. The summed E-state index contributed by atoms with van der Waals surface area (Å²) in [5.41, 5.74) is 6.74. The molecule has 1 unspecified atom stereocenters. The van der Waals surface area contributed by atoms with Gasteiger partial charge in [-0.15, -0.1) is 11.3 Å². The summed E-state index contributed by atoms with van der Waals surface area (Å²) in [6, 6.07) is 8.71. The van der Waals surface area contributed by atoms with Gasteiger partial charge in [0, 0.05) is 48.3 Å². The molecule has 172 valence electrons. The van der Waals surface area contributed by atoms with Crippen LogP contribution in [0.2, 0.25) is 0 Å². The zero-order chi connectivity index (χ0) is 22.5. The van der Waals surface area contributed by atoms with E-state index in [-0.39, 0.29) is 17.4 Å². The first kappa shape index (κ1) is 21.7. The van der Waals surface area contributed by atoms with Crippen molar-refractivity contribution in [2.45, 2.75) is 58.0 Å². The second kappa shape index (κ2) is 8.34. The second-order valence-electron chi connectivity index (χ2n) is 10.1. The number of nitrogen functional groups attached to an aromatic ring is 1. The molecule has 3 saturated heterocycles. The number of amides is 2. The van der Waals surface area contributed by atoms with Gasteiger partial charge in [0.05, 0.1) is 16.0 Å². The van der Waals surface area contributed by atoms with Crippen LogP contribution in [0, 0.1) is 5.41 Å². The molecule has 1 aromatic heterocycles. The van der Waals surface area contributed by atoms with Crippen molar-refractivity contribution in [3.63, 3.8) is 0 Å². The first-order valence-electron chi connectivity index (χ1n) is 12.0. The number of benzene rings is 1. The molecule has 7 heteroatoms. The van der Waals surface area contributed by atoms with Crippen LogP contribution >= 0.6 is 11.3 Å². The maximum Gasteiger partial charge on any atom is 0.257 e. The molecule has 5 rings (SSSR count). The molecule has 4 heterocycles. The van der Waals surface area contributed by atoms with Crippen LogP contribution in [0.25, 0.3) is 10.1 Å². The summed E-state index contributed by atoms with van der Waals surface area (Å²) in [6.45, 7) is 8.59. The Kier molecular flexibility index (Phi) is 5.66. The minimum atomic E-state index is -0.181. The lowest BCUT2D eigenvalue weighted by atomic mass is 9.77. The molecule has 3 aliphatic heterocycles. The fourth-order valence-electron chi connectivity index (χ4n) is 6.08. The topological polar surface area (TPSA) is 69.9 Å². The van der Waals surface area contributed by atoms with Crippen LogP contribution in [-0.4, -0.2) is 71.3 Å². The van der Waals surface area contributed by atoms with Crippen LogP contribution in [-0.2, 0) is 4.79 Å². The molecule has 1 spiro atoms. The van der Waals surface area contributed by atoms with Gasteiger partial charge in [0.15, 0.2) is 0 Å². The van der Waals surface area contributed by atoms with Gasteiger partial charge in [-0.3, -0.25) is 14.5 Å². The molecule has 3 fully saturated rings. The van der Waals surface area contributed by atoms with E-state index < -0.39 is 0 Å². The predicted molar refractivity (Wildman–Crippen MR) is 130 cm³/mol. The zero-order valence-electron chi connectivity index (χ0n) is 19.2. The van der Waals surface area contributed by atoms with Crippen LogP contribution in [0.4, 0.5) is 5.00 Å². The van der Waals surface area contributed by atoms with E-state index in [1.165, 1.54) is 11.3 Å². The zero-order valence-corrected chi connectivity index (χ0v) is 20.0. The third-order valence-corrected chi connectivity index (χ3v) is 8.88. The Morgan fingerprint density at radius 3 is 2.59 bits per heavy atom. The van der Waals surface area contributed by atoms with Crippen LogP contribution in [0.3, 0.4) is 0 Å². The minimum Gasteiger partial charge on any atom is -0.390 e. The SMILES string of the molecule is CC(C)N1CCC2(CCCN(C3CCN(C(=O)c4c(N)sc5ccccc45)CC3)C2)C1=O. The molecule has 32 heavy (non-hydrogen) atoms. The fraction of sp³-hybridized carbons (Fsp3) is 0.600. The average molecular weight is 455 g/mol. The minimum absolute atomic E-state index is 0.0621. The molecule has 2 aromatic rings. The van der Waals surface area contributed by atoms with Gasteiger partial charge in [0.1, 0.15) is 0 Å². The normalized spacial score (nSPS) is 25.5. The van der Waals surface area contributed by atoms with E-state index in [4.69, 9.17) is 5.73 Å². The number of nitrogens with zero attached hydrogens (tertiary/aromatic N) is 3. The van der Waals surface area contributed by atoms with Crippen LogP contribution in [0.5, 0.6) is 0 Å². The van der Waals surface area contributed by atoms with Crippen LogP contribution in [0.1, 0.15) is 56.3 Å². The van der Waals surface area contributed by atoms with Crippen molar-refractivity contribution >= 4 is 38.2 Å². The number of fused-ring (bicyclic) bond motifs is 1. The number of rotatable bonds is 3. The molecule has 0 bridgehead atoms. The van der Waals surface area contributed by atoms with Crippen molar-refractivity contribution in [1.29, 1.82) is 0 Å². The third kappa shape index (κ3) is 3.59. The van der Waals surface area contributed by atoms with E-state index in [0.717, 1.165) is 74.9 Å². The van der Waals surface area contributed by atoms with Crippen molar-refractivity contribution < 1.29 is 9.59 Å². The summed E-state index contributed by atoms with van der Waals surface area (Å²) < 4.78 is 1.07. The highest BCUT2D eigenvalue weighted by Gasteiger charge is 2.50. The van der Waals surface area contributed by atoms with Gasteiger partial charge in [0.2, 0.25) is 5.91 Å². The molecule has 3 aliphatic rings. The third-order valence-electron chi connectivity index (χ3n) is 7.88. The lowest BCUT2D eigenvalue weighted by molar-refractivity contribution is -0.140. The van der Waals surface area contributed by atoms with E-state index in [2.05, 4.69) is 23.6 Å². The summed E-state index contributed by atoms with van der Waals surface area (Å²) in [5.74, 6) is 0.427. The number of nitrogens with two attached hydrogens (primary N) is 1. The molecule has 0 aliphatic carbocycles. The predicted octanol–water partition coefficient (Wildman–Crippen LogP) is 3.81. The molecule has 6 nitrogen and oxygen atoms in total. The summed E-state index contributed by atoms with van der Waals surface area (Å²) >= 11 is 1.49. The maximum atomic E-state index is 13.3. The molecule has 0 saturated carbocycles. The Bertz CT molecular complexity index is 1030. The van der Waals surface area contributed by atoms with E-state index in [1.807, 2.05) is 29.2 Å². The van der Waals surface area contributed by atoms with E-state index >= 15 is 0 Å². The first-order valence-corrected chi connectivity index (χ1v) is 12.8. The van der Waals surface area contributed by atoms with Crippen molar-refractivity contribution in [2.24, 2.45) is 5.41 Å². The number of hydrogen-bond acceptors (Lipinski definition) is 5. The summed E-state index contributed by atoms with van der Waals surface area (Å²) in [4.78, 5) is 33.1. The number of hydrogen-bond donors (Lipinski definition) is 1. The van der Waals surface area contributed by atoms with Crippen LogP contribution in [0.15, 0.2) is 24.3 Å². The van der Waals surface area contributed by atoms with Gasteiger partial charge in [-0.05, 0) is 58.6 Å².